The van der Waals surface area contributed by atoms with Crippen LogP contribution < -0.4 is 0 Å². The van der Waals surface area contributed by atoms with E-state index in [-0.39, 0.29) is 0 Å². The maximum Gasteiger partial charge on any atom is 0.339 e. The second-order valence-corrected chi connectivity index (χ2v) is 6.86. The van der Waals surface area contributed by atoms with Gasteiger partial charge in [-0.3, -0.25) is 14.4 Å². The molecule has 10 heteroatoms. The second kappa shape index (κ2) is 10.9. The fourth-order valence-corrected chi connectivity index (χ4v) is 3.19. The molecule has 1 saturated heterocycles. The minimum absolute atomic E-state index is 0.550. The molecule has 0 saturated carbocycles. The van der Waals surface area contributed by atoms with E-state index in [1.165, 1.54) is 0 Å². The molecule has 0 bridgehead atoms. The SMILES string of the molecule is COC(=O)[C@H]1O[C@@H](OC(C)c2ccccc2)[C@H](OC(C)=O)[C@@H](OC(C)=O)[C@@H]1OC(C)=O. The third-order valence-corrected chi connectivity index (χ3v) is 4.44. The molecule has 1 unspecified atom stereocenters. The molecule has 10 nitrogen and oxygen atoms in total. The average Bonchev–Trinajstić information content (AvgIpc) is 2.71. The van der Waals surface area contributed by atoms with Crippen molar-refractivity contribution in [2.24, 2.45) is 0 Å². The molecule has 1 aromatic rings. The van der Waals surface area contributed by atoms with E-state index < -0.39 is 60.7 Å². The Labute approximate surface area is 179 Å². The van der Waals surface area contributed by atoms with E-state index in [1.54, 1.807) is 6.92 Å². The Morgan fingerprint density at radius 3 is 1.87 bits per heavy atom. The molecule has 170 valence electrons. The predicted molar refractivity (Wildman–Crippen MR) is 103 cm³/mol. The van der Waals surface area contributed by atoms with Crippen molar-refractivity contribution in [1.29, 1.82) is 0 Å². The van der Waals surface area contributed by atoms with Gasteiger partial charge in [-0.05, 0) is 12.5 Å². The monoisotopic (exact) mass is 438 g/mol. The van der Waals surface area contributed by atoms with Crippen molar-refractivity contribution in [3.63, 3.8) is 0 Å². The van der Waals surface area contributed by atoms with Gasteiger partial charge in [0.05, 0.1) is 13.2 Å². The van der Waals surface area contributed by atoms with Gasteiger partial charge in [0.25, 0.3) is 0 Å². The smallest absolute Gasteiger partial charge is 0.339 e. The van der Waals surface area contributed by atoms with Crippen LogP contribution in [0.2, 0.25) is 0 Å². The summed E-state index contributed by atoms with van der Waals surface area (Å²) in [5, 5.41) is 0. The van der Waals surface area contributed by atoms with E-state index in [0.717, 1.165) is 33.4 Å². The van der Waals surface area contributed by atoms with Crippen LogP contribution in [-0.4, -0.2) is 61.7 Å². The molecule has 0 aromatic heterocycles. The number of methoxy groups -OCH3 is 1. The fourth-order valence-electron chi connectivity index (χ4n) is 3.19. The highest BCUT2D eigenvalue weighted by molar-refractivity contribution is 5.77. The number of hydrogen-bond acceptors (Lipinski definition) is 10. The second-order valence-electron chi connectivity index (χ2n) is 6.86. The van der Waals surface area contributed by atoms with E-state index >= 15 is 0 Å². The highest BCUT2D eigenvalue weighted by atomic mass is 16.7. The van der Waals surface area contributed by atoms with Crippen LogP contribution in [0.5, 0.6) is 0 Å². The van der Waals surface area contributed by atoms with Crippen LogP contribution in [0.3, 0.4) is 0 Å². The zero-order chi connectivity index (χ0) is 23.1. The molecule has 1 fully saturated rings. The predicted octanol–water partition coefficient (Wildman–Crippen LogP) is 1.46. The maximum atomic E-state index is 12.4. The summed E-state index contributed by atoms with van der Waals surface area (Å²) in [4.78, 5) is 47.6. The molecule has 0 amide bonds. The van der Waals surface area contributed by atoms with Crippen LogP contribution in [0, 0.1) is 0 Å². The number of carbonyl (C=O) groups is 4. The van der Waals surface area contributed by atoms with Crippen molar-refractivity contribution in [2.45, 2.75) is 64.5 Å². The molecule has 6 atom stereocenters. The van der Waals surface area contributed by atoms with Crippen LogP contribution in [0.4, 0.5) is 0 Å². The van der Waals surface area contributed by atoms with Crippen molar-refractivity contribution >= 4 is 23.9 Å². The number of hydrogen-bond donors (Lipinski definition) is 0. The Bertz CT molecular complexity index is 793. The lowest BCUT2D eigenvalue weighted by molar-refractivity contribution is -0.310. The summed E-state index contributed by atoms with van der Waals surface area (Å²) in [6.07, 6.45) is -7.50. The summed E-state index contributed by atoms with van der Waals surface area (Å²) in [5.74, 6) is -3.12. The van der Waals surface area contributed by atoms with Gasteiger partial charge in [-0.2, -0.15) is 0 Å². The highest BCUT2D eigenvalue weighted by Crippen LogP contribution is 2.32. The normalized spacial score (nSPS) is 26.3. The largest absolute Gasteiger partial charge is 0.467 e. The molecule has 0 spiro atoms. The first-order valence-electron chi connectivity index (χ1n) is 9.59. The molecule has 0 radical (unpaired) electrons. The first kappa shape index (κ1) is 24.3. The van der Waals surface area contributed by atoms with Crippen molar-refractivity contribution in [2.75, 3.05) is 7.11 Å². The van der Waals surface area contributed by atoms with Gasteiger partial charge in [-0.15, -0.1) is 0 Å². The van der Waals surface area contributed by atoms with Crippen LogP contribution >= 0.6 is 0 Å². The van der Waals surface area contributed by atoms with E-state index in [1.807, 2.05) is 30.3 Å². The fraction of sp³-hybridized carbons (Fsp3) is 0.524. The number of carbonyl (C=O) groups excluding carboxylic acids is 4. The van der Waals surface area contributed by atoms with E-state index in [0.29, 0.717) is 0 Å². The molecule has 1 aliphatic rings. The van der Waals surface area contributed by atoms with Crippen LogP contribution in [0.15, 0.2) is 30.3 Å². The van der Waals surface area contributed by atoms with Gasteiger partial charge in [-0.25, -0.2) is 4.79 Å². The first-order chi connectivity index (χ1) is 14.6. The van der Waals surface area contributed by atoms with Crippen molar-refractivity contribution in [1.82, 2.24) is 0 Å². The topological polar surface area (TPSA) is 124 Å². The summed E-state index contributed by atoms with van der Waals surface area (Å²) >= 11 is 0. The number of esters is 4. The molecule has 2 rings (SSSR count). The summed E-state index contributed by atoms with van der Waals surface area (Å²) in [6, 6.07) is 9.10. The minimum atomic E-state index is -1.49. The van der Waals surface area contributed by atoms with Gasteiger partial charge in [0.1, 0.15) is 0 Å². The maximum absolute atomic E-state index is 12.4. The van der Waals surface area contributed by atoms with Gasteiger partial charge >= 0.3 is 23.9 Å². The third kappa shape index (κ3) is 6.50. The number of ether oxygens (including phenoxy) is 6. The lowest BCUT2D eigenvalue weighted by Crippen LogP contribution is -2.63. The van der Waals surface area contributed by atoms with Gasteiger partial charge < -0.3 is 28.4 Å². The quantitative estimate of drug-likeness (QED) is 0.456. The number of benzene rings is 1. The van der Waals surface area contributed by atoms with Gasteiger partial charge in [0, 0.05) is 20.8 Å². The summed E-state index contributed by atoms with van der Waals surface area (Å²) in [7, 11) is 1.12. The number of rotatable bonds is 7. The standard InChI is InChI=1S/C21H26O10/c1-11(15-9-7-6-8-10-15)27-21-19(30-14(4)24)17(29-13(3)23)16(28-12(2)22)18(31-21)20(25)26-5/h6-11,16-19,21H,1-5H3/t11?,16-,17-,18-,19+,21+/m0/s1. The minimum Gasteiger partial charge on any atom is -0.467 e. The molecular weight excluding hydrogens is 412 g/mol. The van der Waals surface area contributed by atoms with Crippen LogP contribution in [0.1, 0.15) is 39.4 Å². The molecule has 1 aliphatic heterocycles. The summed E-state index contributed by atoms with van der Waals surface area (Å²) in [6.45, 7) is 5.12. The van der Waals surface area contributed by atoms with Crippen LogP contribution in [-0.2, 0) is 47.6 Å². The molecule has 0 aliphatic carbocycles. The molecule has 1 heterocycles. The van der Waals surface area contributed by atoms with Crippen molar-refractivity contribution in [3.8, 4) is 0 Å². The highest BCUT2D eigenvalue weighted by Gasteiger charge is 2.55. The first-order valence-corrected chi connectivity index (χ1v) is 9.59. The lowest BCUT2D eigenvalue weighted by Gasteiger charge is -2.43. The van der Waals surface area contributed by atoms with Gasteiger partial charge in [0.15, 0.2) is 24.4 Å². The van der Waals surface area contributed by atoms with E-state index in [4.69, 9.17) is 28.4 Å². The van der Waals surface area contributed by atoms with Crippen LogP contribution in [0.25, 0.3) is 0 Å². The Morgan fingerprint density at radius 1 is 0.839 bits per heavy atom. The zero-order valence-corrected chi connectivity index (χ0v) is 17.9. The average molecular weight is 438 g/mol. The van der Waals surface area contributed by atoms with Gasteiger partial charge in [0.2, 0.25) is 6.29 Å². The Morgan fingerprint density at radius 2 is 1.35 bits per heavy atom. The molecular formula is C21H26O10. The van der Waals surface area contributed by atoms with Crippen molar-refractivity contribution in [3.05, 3.63) is 35.9 Å². The third-order valence-electron chi connectivity index (χ3n) is 4.44. The lowest BCUT2D eigenvalue weighted by atomic mass is 9.97. The zero-order valence-electron chi connectivity index (χ0n) is 17.9. The Kier molecular flexibility index (Phi) is 8.52. The summed E-state index contributed by atoms with van der Waals surface area (Å²) < 4.78 is 32.2. The molecule has 1 aromatic carbocycles. The van der Waals surface area contributed by atoms with E-state index in [9.17, 15) is 19.2 Å². The van der Waals surface area contributed by atoms with Gasteiger partial charge in [-0.1, -0.05) is 30.3 Å². The molecule has 0 N–H and O–H groups in total. The summed E-state index contributed by atoms with van der Waals surface area (Å²) in [5.41, 5.74) is 0.786. The van der Waals surface area contributed by atoms with Crippen molar-refractivity contribution < 1.29 is 47.6 Å². The Hall–Kier alpha value is -2.98. The van der Waals surface area contributed by atoms with E-state index in [2.05, 4.69) is 0 Å². The Balaban J connectivity index is 2.45. The molecule has 31 heavy (non-hydrogen) atoms.